The molecule has 1 rings (SSSR count). The van der Waals surface area contributed by atoms with Crippen LogP contribution in [0.5, 0.6) is 0 Å². The number of amides is 1. The first-order chi connectivity index (χ1) is 14.0. The van der Waals surface area contributed by atoms with Crippen molar-refractivity contribution in [3.05, 3.63) is 83.7 Å². The van der Waals surface area contributed by atoms with Gasteiger partial charge >= 0.3 is 0 Å². The number of hydrazone groups is 1. The lowest BCUT2D eigenvalue weighted by Crippen LogP contribution is -2.29. The number of nitrogens with one attached hydrogen (secondary N) is 2. The van der Waals surface area contributed by atoms with Gasteiger partial charge < -0.3 is 5.32 Å². The zero-order valence-electron chi connectivity index (χ0n) is 17.8. The average Bonchev–Trinajstić information content (AvgIpc) is 2.99. The molecule has 0 saturated heterocycles. The van der Waals surface area contributed by atoms with Crippen LogP contribution in [0.4, 0.5) is 0 Å². The highest BCUT2D eigenvalue weighted by molar-refractivity contribution is 6.14. The molecule has 1 amide bonds. The molecular weight excluding hydrogens is 364 g/mol. The van der Waals surface area contributed by atoms with Gasteiger partial charge in [-0.1, -0.05) is 56.0 Å². The van der Waals surface area contributed by atoms with Crippen molar-refractivity contribution in [1.29, 1.82) is 0 Å². The molecular formula is C23H32N4O2. The van der Waals surface area contributed by atoms with E-state index in [1.807, 2.05) is 69.3 Å². The Bertz CT molecular complexity index is 796. The minimum atomic E-state index is -0.566. The highest BCUT2D eigenvalue weighted by atomic mass is 16.5. The van der Waals surface area contributed by atoms with Crippen LogP contribution in [0, 0.1) is 0 Å². The maximum atomic E-state index is 12.0. The minimum Gasteiger partial charge on any atom is -0.301 e. The van der Waals surface area contributed by atoms with Crippen LogP contribution in [0.25, 0.3) is 0 Å². The molecule has 29 heavy (non-hydrogen) atoms. The fraction of sp³-hybridized carbons (Fsp3) is 0.304. The van der Waals surface area contributed by atoms with E-state index in [1.54, 1.807) is 17.6 Å². The van der Waals surface area contributed by atoms with Gasteiger partial charge in [0.05, 0.1) is 12.4 Å². The summed E-state index contributed by atoms with van der Waals surface area (Å²) in [7, 11) is 1.86. The number of rotatable bonds is 10. The lowest BCUT2D eigenvalue weighted by molar-refractivity contribution is -0.124. The molecule has 0 aliphatic heterocycles. The monoisotopic (exact) mass is 396 g/mol. The van der Waals surface area contributed by atoms with Crippen molar-refractivity contribution in [2.75, 3.05) is 13.7 Å². The molecule has 0 unspecified atom stereocenters. The Morgan fingerprint density at radius 1 is 1.34 bits per heavy atom. The first kappa shape index (κ1) is 24.1. The molecule has 6 nitrogen and oxygen atoms in total. The van der Waals surface area contributed by atoms with Crippen LogP contribution in [0.1, 0.15) is 33.6 Å². The van der Waals surface area contributed by atoms with E-state index in [4.69, 9.17) is 10.3 Å². The van der Waals surface area contributed by atoms with Gasteiger partial charge in [-0.15, -0.1) is 0 Å². The van der Waals surface area contributed by atoms with Crippen LogP contribution in [-0.4, -0.2) is 35.6 Å². The number of hydrogen-bond donors (Lipinski definition) is 3. The summed E-state index contributed by atoms with van der Waals surface area (Å²) in [5.74, 6) is -0.566. The van der Waals surface area contributed by atoms with Crippen LogP contribution in [-0.2, 0) is 4.79 Å². The summed E-state index contributed by atoms with van der Waals surface area (Å²) in [5.41, 5.74) is 5.23. The highest BCUT2D eigenvalue weighted by Crippen LogP contribution is 2.18. The van der Waals surface area contributed by atoms with Crippen LogP contribution in [0.15, 0.2) is 88.8 Å². The summed E-state index contributed by atoms with van der Waals surface area (Å²) in [6.45, 7) is 10.3. The fourth-order valence-corrected chi connectivity index (χ4v) is 2.66. The quantitative estimate of drug-likeness (QED) is 0.130. The number of hydrogen-bond acceptors (Lipinski definition) is 5. The Morgan fingerprint density at radius 3 is 2.69 bits per heavy atom. The van der Waals surface area contributed by atoms with E-state index in [2.05, 4.69) is 18.0 Å². The number of carbonyl (C=O) groups excluding carboxylic acids is 1. The van der Waals surface area contributed by atoms with Crippen molar-refractivity contribution < 1.29 is 10.0 Å². The summed E-state index contributed by atoms with van der Waals surface area (Å²) in [4.78, 5) is 12.0. The predicted molar refractivity (Wildman–Crippen MR) is 120 cm³/mol. The molecule has 0 bridgehead atoms. The summed E-state index contributed by atoms with van der Waals surface area (Å²) < 4.78 is 0. The van der Waals surface area contributed by atoms with Gasteiger partial charge in [-0.25, -0.2) is 5.48 Å². The summed E-state index contributed by atoms with van der Waals surface area (Å²) in [6, 6.07) is 0. The van der Waals surface area contributed by atoms with E-state index in [9.17, 15) is 4.79 Å². The van der Waals surface area contributed by atoms with Crippen molar-refractivity contribution in [3.8, 4) is 0 Å². The molecule has 3 N–H and O–H groups in total. The van der Waals surface area contributed by atoms with Crippen molar-refractivity contribution >= 4 is 11.6 Å². The van der Waals surface area contributed by atoms with Gasteiger partial charge in [0.15, 0.2) is 0 Å². The summed E-state index contributed by atoms with van der Waals surface area (Å²) >= 11 is 0. The number of carbonyl (C=O) groups is 1. The second kappa shape index (κ2) is 13.3. The highest BCUT2D eigenvalue weighted by Gasteiger charge is 2.14. The van der Waals surface area contributed by atoms with Gasteiger partial charge in [-0.3, -0.25) is 15.0 Å². The molecule has 0 aromatic carbocycles. The summed E-state index contributed by atoms with van der Waals surface area (Å²) in [6.07, 6.45) is 18.7. The molecule has 0 aromatic heterocycles. The first-order valence-corrected chi connectivity index (χ1v) is 9.66. The van der Waals surface area contributed by atoms with Gasteiger partial charge in [-0.05, 0) is 45.0 Å². The predicted octanol–water partition coefficient (Wildman–Crippen LogP) is 4.14. The average molecular weight is 397 g/mol. The molecule has 6 heteroatoms. The van der Waals surface area contributed by atoms with E-state index in [0.717, 1.165) is 23.3 Å². The van der Waals surface area contributed by atoms with Gasteiger partial charge in [-0.2, -0.15) is 5.10 Å². The van der Waals surface area contributed by atoms with Crippen molar-refractivity contribution in [3.63, 3.8) is 0 Å². The molecule has 0 fully saturated rings. The van der Waals surface area contributed by atoms with E-state index >= 15 is 0 Å². The third-order valence-electron chi connectivity index (χ3n) is 3.96. The molecule has 1 aliphatic rings. The molecule has 0 atom stereocenters. The maximum absolute atomic E-state index is 12.0. The zero-order valence-corrected chi connectivity index (χ0v) is 17.8. The van der Waals surface area contributed by atoms with Crippen LogP contribution >= 0.6 is 0 Å². The van der Waals surface area contributed by atoms with Crippen LogP contribution in [0.3, 0.4) is 0 Å². The Morgan fingerprint density at radius 2 is 2.10 bits per heavy atom. The molecule has 0 heterocycles. The second-order valence-electron chi connectivity index (χ2n) is 6.42. The molecule has 1 aliphatic carbocycles. The molecule has 0 saturated carbocycles. The van der Waals surface area contributed by atoms with Crippen molar-refractivity contribution in [2.45, 2.75) is 33.6 Å². The topological polar surface area (TPSA) is 77.0 Å². The van der Waals surface area contributed by atoms with Crippen molar-refractivity contribution in [2.24, 2.45) is 5.10 Å². The first-order valence-electron chi connectivity index (χ1n) is 9.66. The Labute approximate surface area is 174 Å². The zero-order chi connectivity index (χ0) is 21.6. The maximum Gasteiger partial charge on any atom is 0.274 e. The van der Waals surface area contributed by atoms with E-state index in [-0.39, 0.29) is 0 Å². The lowest BCUT2D eigenvalue weighted by Gasteiger charge is -2.23. The molecule has 0 radical (unpaired) electrons. The Balaban J connectivity index is 3.51. The molecule has 0 aromatic rings. The van der Waals surface area contributed by atoms with Gasteiger partial charge in [0.1, 0.15) is 0 Å². The van der Waals surface area contributed by atoms with Gasteiger partial charge in [0.25, 0.3) is 5.91 Å². The SMILES string of the molecule is C=C(C)C(=N\N(CNC)C1=CC=CC=CC1)/C(/C=C\C)=C/C(=C/CC)C(=O)NO. The number of allylic oxidation sites excluding steroid dienone is 10. The van der Waals surface area contributed by atoms with E-state index in [1.165, 1.54) is 0 Å². The largest absolute Gasteiger partial charge is 0.301 e. The van der Waals surface area contributed by atoms with Gasteiger partial charge in [0.2, 0.25) is 0 Å². The Kier molecular flexibility index (Phi) is 11.0. The molecule has 0 spiro atoms. The second-order valence-corrected chi connectivity index (χ2v) is 6.42. The van der Waals surface area contributed by atoms with Crippen LogP contribution < -0.4 is 10.8 Å². The standard InChI is InChI=1S/C23H32N4O2/c1-6-12-19(16-20(13-7-2)23(28)26-29)22(18(3)4)25-27(17-24-5)21-14-10-8-9-11-15-21/h6,8-14,16,24,29H,3,7,15,17H2,1-2,4-5H3,(H,26,28)/b12-6-,19-16+,20-13-,25-22+. The van der Waals surface area contributed by atoms with E-state index < -0.39 is 5.91 Å². The summed E-state index contributed by atoms with van der Waals surface area (Å²) in [5, 5.41) is 19.0. The third kappa shape index (κ3) is 7.89. The minimum absolute atomic E-state index is 0.358. The number of nitrogens with zero attached hydrogens (tertiary/aromatic N) is 2. The Hall–Kier alpha value is -2.96. The lowest BCUT2D eigenvalue weighted by atomic mass is 10.0. The number of hydroxylamine groups is 1. The van der Waals surface area contributed by atoms with E-state index in [0.29, 0.717) is 24.4 Å². The fourth-order valence-electron chi connectivity index (χ4n) is 2.66. The smallest absolute Gasteiger partial charge is 0.274 e. The third-order valence-corrected chi connectivity index (χ3v) is 3.96. The van der Waals surface area contributed by atoms with Gasteiger partial charge in [0, 0.05) is 23.3 Å². The van der Waals surface area contributed by atoms with Crippen molar-refractivity contribution in [1.82, 2.24) is 15.8 Å². The van der Waals surface area contributed by atoms with Crippen LogP contribution in [0.2, 0.25) is 0 Å². The normalized spacial score (nSPS) is 15.3. The molecule has 156 valence electrons.